The van der Waals surface area contributed by atoms with E-state index in [1.165, 1.54) is 12.5 Å². The molecule has 0 atom stereocenters. The standard InChI is InChI=1S/C24H32FNO4/c1-16-12-20(27)22(25)17(2)19(16)13-18-8-9-21(30-15-29-4)23(26-18)24(14-28-3)10-6-5-7-11-24/h8-9,12,27H,5-7,10-11,13-15H2,1-4H3. The largest absolute Gasteiger partial charge is 0.505 e. The molecule has 0 radical (unpaired) electrons. The van der Waals surface area contributed by atoms with Crippen LogP contribution in [0.3, 0.4) is 0 Å². The number of halogens is 1. The van der Waals surface area contributed by atoms with E-state index in [4.69, 9.17) is 19.2 Å². The second-order valence-electron chi connectivity index (χ2n) is 8.28. The zero-order valence-corrected chi connectivity index (χ0v) is 18.4. The highest BCUT2D eigenvalue weighted by Crippen LogP contribution is 2.43. The van der Waals surface area contributed by atoms with Crippen LogP contribution >= 0.6 is 0 Å². The molecule has 3 rings (SSSR count). The maximum absolute atomic E-state index is 14.3. The normalized spacial score (nSPS) is 15.9. The minimum Gasteiger partial charge on any atom is -0.505 e. The number of aryl methyl sites for hydroxylation is 1. The molecule has 1 aliphatic rings. The Hall–Kier alpha value is -2.18. The summed E-state index contributed by atoms with van der Waals surface area (Å²) in [5.41, 5.74) is 3.69. The number of hydrogen-bond acceptors (Lipinski definition) is 5. The van der Waals surface area contributed by atoms with E-state index in [-0.39, 0.29) is 18.0 Å². The van der Waals surface area contributed by atoms with E-state index in [0.29, 0.717) is 24.3 Å². The van der Waals surface area contributed by atoms with Gasteiger partial charge in [-0.1, -0.05) is 19.3 Å². The Labute approximate surface area is 178 Å². The summed E-state index contributed by atoms with van der Waals surface area (Å²) in [5.74, 6) is -0.171. The number of methoxy groups -OCH3 is 2. The topological polar surface area (TPSA) is 60.8 Å². The maximum Gasteiger partial charge on any atom is 0.188 e. The summed E-state index contributed by atoms with van der Waals surface area (Å²) >= 11 is 0. The maximum atomic E-state index is 14.3. The minimum absolute atomic E-state index is 0.151. The molecular formula is C24H32FNO4. The van der Waals surface area contributed by atoms with Crippen molar-refractivity contribution in [1.29, 1.82) is 0 Å². The highest BCUT2D eigenvalue weighted by atomic mass is 19.1. The zero-order valence-electron chi connectivity index (χ0n) is 18.4. The lowest BCUT2D eigenvalue weighted by Gasteiger charge is -2.37. The highest BCUT2D eigenvalue weighted by molar-refractivity contribution is 5.45. The van der Waals surface area contributed by atoms with Crippen LogP contribution in [0.15, 0.2) is 18.2 Å². The molecule has 5 nitrogen and oxygen atoms in total. The predicted molar refractivity (Wildman–Crippen MR) is 114 cm³/mol. The number of phenolic OH excluding ortho intramolecular Hbond substituents is 1. The predicted octanol–water partition coefficient (Wildman–Crippen LogP) is 4.96. The van der Waals surface area contributed by atoms with Gasteiger partial charge in [0.25, 0.3) is 0 Å². The van der Waals surface area contributed by atoms with Crippen LogP contribution in [0.2, 0.25) is 0 Å². The van der Waals surface area contributed by atoms with Crippen molar-refractivity contribution in [1.82, 2.24) is 4.98 Å². The van der Waals surface area contributed by atoms with Gasteiger partial charge in [-0.25, -0.2) is 4.39 Å². The first-order chi connectivity index (χ1) is 14.4. The van der Waals surface area contributed by atoms with Gasteiger partial charge >= 0.3 is 0 Å². The third-order valence-corrected chi connectivity index (χ3v) is 6.18. The molecule has 1 aromatic carbocycles. The summed E-state index contributed by atoms with van der Waals surface area (Å²) in [7, 11) is 3.32. The van der Waals surface area contributed by atoms with Gasteiger partial charge < -0.3 is 19.3 Å². The first-order valence-electron chi connectivity index (χ1n) is 10.5. The molecule has 30 heavy (non-hydrogen) atoms. The van der Waals surface area contributed by atoms with E-state index in [2.05, 4.69) is 0 Å². The average molecular weight is 418 g/mol. The third kappa shape index (κ3) is 4.60. The monoisotopic (exact) mass is 417 g/mol. The summed E-state index contributed by atoms with van der Waals surface area (Å²) in [6, 6.07) is 5.33. The van der Waals surface area contributed by atoms with E-state index in [1.54, 1.807) is 21.1 Å². The Kier molecular flexibility index (Phi) is 7.32. The molecule has 0 unspecified atom stereocenters. The second kappa shape index (κ2) is 9.75. The second-order valence-corrected chi connectivity index (χ2v) is 8.28. The fourth-order valence-corrected chi connectivity index (χ4v) is 4.59. The van der Waals surface area contributed by atoms with E-state index < -0.39 is 5.82 Å². The lowest BCUT2D eigenvalue weighted by Crippen LogP contribution is -2.35. The number of aromatic hydroxyl groups is 1. The fourth-order valence-electron chi connectivity index (χ4n) is 4.59. The van der Waals surface area contributed by atoms with Crippen molar-refractivity contribution in [2.24, 2.45) is 0 Å². The Morgan fingerprint density at radius 2 is 1.83 bits per heavy atom. The number of nitrogens with zero attached hydrogens (tertiary/aromatic N) is 1. The van der Waals surface area contributed by atoms with Gasteiger partial charge in [-0.2, -0.15) is 0 Å². The first-order valence-corrected chi connectivity index (χ1v) is 10.5. The van der Waals surface area contributed by atoms with Gasteiger partial charge in [0.15, 0.2) is 18.4 Å². The van der Waals surface area contributed by atoms with Gasteiger partial charge in [0.05, 0.1) is 12.3 Å². The summed E-state index contributed by atoms with van der Waals surface area (Å²) in [5, 5.41) is 9.76. The van der Waals surface area contributed by atoms with E-state index in [9.17, 15) is 9.50 Å². The SMILES string of the molecule is COCOc1ccc(Cc2c(C)cc(O)c(F)c2C)nc1C1(COC)CCCCC1. The smallest absolute Gasteiger partial charge is 0.188 e. The molecule has 1 heterocycles. The number of rotatable bonds is 8. The average Bonchev–Trinajstić information content (AvgIpc) is 2.75. The fraction of sp³-hybridized carbons (Fsp3) is 0.542. The van der Waals surface area contributed by atoms with E-state index in [0.717, 1.165) is 48.2 Å². The van der Waals surface area contributed by atoms with Crippen molar-refractivity contribution in [2.45, 2.75) is 57.8 Å². The molecule has 1 saturated carbocycles. The molecule has 1 fully saturated rings. The van der Waals surface area contributed by atoms with Crippen molar-refractivity contribution in [3.8, 4) is 11.5 Å². The molecular weight excluding hydrogens is 385 g/mol. The van der Waals surface area contributed by atoms with Gasteiger partial charge in [0, 0.05) is 31.7 Å². The molecule has 0 saturated heterocycles. The molecule has 2 aromatic rings. The summed E-state index contributed by atoms with van der Waals surface area (Å²) in [6.07, 6.45) is 5.93. The minimum atomic E-state index is -0.570. The summed E-state index contributed by atoms with van der Waals surface area (Å²) in [4.78, 5) is 5.02. The Morgan fingerprint density at radius 1 is 1.10 bits per heavy atom. The van der Waals surface area contributed by atoms with Gasteiger partial charge in [0.2, 0.25) is 0 Å². The van der Waals surface area contributed by atoms with Crippen LogP contribution in [0, 0.1) is 19.7 Å². The van der Waals surface area contributed by atoms with Crippen molar-refractivity contribution in [3.05, 3.63) is 52.1 Å². The molecule has 164 valence electrons. The summed E-state index contributed by atoms with van der Waals surface area (Å²) in [6.45, 7) is 4.31. The van der Waals surface area contributed by atoms with Crippen LogP contribution in [0.4, 0.5) is 4.39 Å². The van der Waals surface area contributed by atoms with Crippen LogP contribution < -0.4 is 4.74 Å². The first kappa shape index (κ1) is 22.5. The van der Waals surface area contributed by atoms with Crippen molar-refractivity contribution in [3.63, 3.8) is 0 Å². The lowest BCUT2D eigenvalue weighted by molar-refractivity contribution is 0.0452. The molecule has 0 spiro atoms. The van der Waals surface area contributed by atoms with Crippen LogP contribution in [0.1, 0.15) is 60.2 Å². The van der Waals surface area contributed by atoms with E-state index >= 15 is 0 Å². The molecule has 0 aliphatic heterocycles. The number of benzene rings is 1. The number of phenols is 1. The molecule has 0 amide bonds. The Bertz CT molecular complexity index is 872. The van der Waals surface area contributed by atoms with Crippen molar-refractivity contribution in [2.75, 3.05) is 27.6 Å². The van der Waals surface area contributed by atoms with Crippen LogP contribution in [0.5, 0.6) is 11.5 Å². The number of ether oxygens (including phenoxy) is 3. The lowest BCUT2D eigenvalue weighted by atomic mass is 9.71. The molecule has 1 aliphatic carbocycles. The molecule has 0 bridgehead atoms. The highest BCUT2D eigenvalue weighted by Gasteiger charge is 2.38. The summed E-state index contributed by atoms with van der Waals surface area (Å²) < 4.78 is 30.9. The molecule has 6 heteroatoms. The Morgan fingerprint density at radius 3 is 2.50 bits per heavy atom. The third-order valence-electron chi connectivity index (χ3n) is 6.18. The van der Waals surface area contributed by atoms with E-state index in [1.807, 2.05) is 19.1 Å². The van der Waals surface area contributed by atoms with Gasteiger partial charge in [-0.15, -0.1) is 0 Å². The zero-order chi connectivity index (χ0) is 21.7. The quantitative estimate of drug-likeness (QED) is 0.615. The van der Waals surface area contributed by atoms with Crippen molar-refractivity contribution >= 4 is 0 Å². The van der Waals surface area contributed by atoms with Crippen LogP contribution in [-0.2, 0) is 21.3 Å². The van der Waals surface area contributed by atoms with Gasteiger partial charge in [0.1, 0.15) is 5.75 Å². The van der Waals surface area contributed by atoms with Crippen LogP contribution in [-0.4, -0.2) is 37.7 Å². The molecule has 1 N–H and O–H groups in total. The Balaban J connectivity index is 2.04. The number of hydrogen-bond donors (Lipinski definition) is 1. The molecule has 1 aromatic heterocycles. The number of aromatic nitrogens is 1. The van der Waals surface area contributed by atoms with Gasteiger partial charge in [-0.05, 0) is 61.6 Å². The van der Waals surface area contributed by atoms with Gasteiger partial charge in [-0.3, -0.25) is 4.98 Å². The van der Waals surface area contributed by atoms with Crippen molar-refractivity contribution < 1.29 is 23.7 Å². The number of pyridine rings is 1. The van der Waals surface area contributed by atoms with Crippen LogP contribution in [0.25, 0.3) is 0 Å².